The van der Waals surface area contributed by atoms with Crippen molar-refractivity contribution in [2.75, 3.05) is 13.1 Å². The smallest absolute Gasteiger partial charge is 0.305 e. The fourth-order valence-corrected chi connectivity index (χ4v) is 3.69. The molecule has 1 aromatic carbocycles. The summed E-state index contributed by atoms with van der Waals surface area (Å²) >= 11 is 0. The van der Waals surface area contributed by atoms with Gasteiger partial charge in [-0.3, -0.25) is 9.59 Å². The van der Waals surface area contributed by atoms with Gasteiger partial charge in [-0.1, -0.05) is 19.9 Å². The summed E-state index contributed by atoms with van der Waals surface area (Å²) in [5, 5.41) is 13.6. The lowest BCUT2D eigenvalue weighted by Gasteiger charge is -2.24. The SMILES string of the molecule is CC(C)CN(CCC(=O)O)C(=O)c1nn(-c2cccc(F)c2)c2c1CCCC2. The highest BCUT2D eigenvalue weighted by atomic mass is 19.1. The number of hydrogen-bond acceptors (Lipinski definition) is 3. The first-order chi connectivity index (χ1) is 13.4. The Morgan fingerprint density at radius 2 is 2.04 bits per heavy atom. The van der Waals surface area contributed by atoms with E-state index >= 15 is 0 Å². The molecule has 0 radical (unpaired) electrons. The lowest BCUT2D eigenvalue weighted by atomic mass is 9.95. The zero-order valence-electron chi connectivity index (χ0n) is 16.3. The predicted octanol–water partition coefficient (Wildman–Crippen LogP) is 3.46. The lowest BCUT2D eigenvalue weighted by molar-refractivity contribution is -0.137. The Labute approximate surface area is 164 Å². The summed E-state index contributed by atoms with van der Waals surface area (Å²) in [6.45, 7) is 4.59. The van der Waals surface area contributed by atoms with Gasteiger partial charge in [0, 0.05) is 24.3 Å². The van der Waals surface area contributed by atoms with Gasteiger partial charge in [0.2, 0.25) is 0 Å². The third-order valence-corrected chi connectivity index (χ3v) is 4.90. The molecule has 1 aliphatic rings. The van der Waals surface area contributed by atoms with Crippen molar-refractivity contribution in [1.29, 1.82) is 0 Å². The minimum Gasteiger partial charge on any atom is -0.481 e. The Balaban J connectivity index is 2.00. The molecule has 0 saturated carbocycles. The van der Waals surface area contributed by atoms with Gasteiger partial charge in [0.25, 0.3) is 5.91 Å². The van der Waals surface area contributed by atoms with Crippen LogP contribution in [-0.2, 0) is 17.6 Å². The van der Waals surface area contributed by atoms with Gasteiger partial charge in [-0.15, -0.1) is 0 Å². The number of halogens is 1. The largest absolute Gasteiger partial charge is 0.481 e. The lowest BCUT2D eigenvalue weighted by Crippen LogP contribution is -2.36. The highest BCUT2D eigenvalue weighted by molar-refractivity contribution is 5.94. The Morgan fingerprint density at radius 3 is 2.71 bits per heavy atom. The number of amides is 1. The summed E-state index contributed by atoms with van der Waals surface area (Å²) in [6, 6.07) is 6.19. The van der Waals surface area contributed by atoms with Crippen LogP contribution in [-0.4, -0.2) is 44.8 Å². The van der Waals surface area contributed by atoms with Crippen molar-refractivity contribution in [3.05, 3.63) is 47.0 Å². The van der Waals surface area contributed by atoms with E-state index in [2.05, 4.69) is 5.10 Å². The fraction of sp³-hybridized carbons (Fsp3) is 0.476. The van der Waals surface area contributed by atoms with E-state index < -0.39 is 5.97 Å². The summed E-state index contributed by atoms with van der Waals surface area (Å²) in [7, 11) is 0. The third kappa shape index (κ3) is 4.40. The molecule has 2 aromatic rings. The monoisotopic (exact) mass is 387 g/mol. The first-order valence-electron chi connectivity index (χ1n) is 9.74. The van der Waals surface area contributed by atoms with Crippen LogP contribution in [0, 0.1) is 11.7 Å². The van der Waals surface area contributed by atoms with Crippen LogP contribution in [0.1, 0.15) is 54.9 Å². The van der Waals surface area contributed by atoms with Crippen molar-refractivity contribution in [3.8, 4) is 5.69 Å². The van der Waals surface area contributed by atoms with Gasteiger partial charge < -0.3 is 10.0 Å². The Hall–Kier alpha value is -2.70. The van der Waals surface area contributed by atoms with Gasteiger partial charge in [0.1, 0.15) is 5.82 Å². The summed E-state index contributed by atoms with van der Waals surface area (Å²) in [5.41, 5.74) is 2.82. The second-order valence-corrected chi connectivity index (χ2v) is 7.66. The molecule has 7 heteroatoms. The van der Waals surface area contributed by atoms with Gasteiger partial charge in [0.05, 0.1) is 12.1 Å². The minimum absolute atomic E-state index is 0.106. The summed E-state index contributed by atoms with van der Waals surface area (Å²) < 4.78 is 15.4. The summed E-state index contributed by atoms with van der Waals surface area (Å²) in [6.07, 6.45) is 3.40. The van der Waals surface area contributed by atoms with Crippen molar-refractivity contribution in [3.63, 3.8) is 0 Å². The number of carboxylic acid groups (broad SMARTS) is 1. The number of carboxylic acids is 1. The molecule has 1 aliphatic carbocycles. The predicted molar refractivity (Wildman–Crippen MR) is 103 cm³/mol. The second-order valence-electron chi connectivity index (χ2n) is 7.66. The molecule has 0 fully saturated rings. The molecule has 0 atom stereocenters. The van der Waals surface area contributed by atoms with Crippen molar-refractivity contribution < 1.29 is 19.1 Å². The van der Waals surface area contributed by atoms with Gasteiger partial charge in [-0.2, -0.15) is 5.10 Å². The number of aromatic nitrogens is 2. The van der Waals surface area contributed by atoms with Crippen molar-refractivity contribution in [1.82, 2.24) is 14.7 Å². The first-order valence-corrected chi connectivity index (χ1v) is 9.74. The number of rotatable bonds is 7. The van der Waals surface area contributed by atoms with E-state index in [0.29, 0.717) is 17.9 Å². The zero-order valence-corrected chi connectivity index (χ0v) is 16.3. The molecule has 0 aliphatic heterocycles. The minimum atomic E-state index is -0.936. The van der Waals surface area contributed by atoms with E-state index in [1.807, 2.05) is 13.8 Å². The molecule has 1 amide bonds. The molecule has 0 unspecified atom stereocenters. The van der Waals surface area contributed by atoms with E-state index in [-0.39, 0.29) is 30.6 Å². The van der Waals surface area contributed by atoms with Crippen LogP contribution in [0.15, 0.2) is 24.3 Å². The van der Waals surface area contributed by atoms with Crippen molar-refractivity contribution >= 4 is 11.9 Å². The molecule has 1 aromatic heterocycles. The van der Waals surface area contributed by atoms with Crippen LogP contribution in [0.5, 0.6) is 0 Å². The topological polar surface area (TPSA) is 75.4 Å². The summed E-state index contributed by atoms with van der Waals surface area (Å²) in [4.78, 5) is 25.8. The van der Waals surface area contributed by atoms with Crippen LogP contribution in [0.4, 0.5) is 4.39 Å². The number of carbonyl (C=O) groups excluding carboxylic acids is 1. The summed E-state index contributed by atoms with van der Waals surface area (Å²) in [5.74, 6) is -1.33. The Bertz CT molecular complexity index is 876. The quantitative estimate of drug-likeness (QED) is 0.789. The number of benzene rings is 1. The van der Waals surface area contributed by atoms with E-state index in [1.54, 1.807) is 21.7 Å². The fourth-order valence-electron chi connectivity index (χ4n) is 3.69. The van der Waals surface area contributed by atoms with Gasteiger partial charge in [-0.05, 0) is 49.8 Å². The standard InChI is InChI=1S/C21H26FN3O3/c1-14(2)13-24(11-10-19(26)27)21(28)20-17-8-3-4-9-18(17)25(23-20)16-7-5-6-15(22)12-16/h5-7,12,14H,3-4,8-11,13H2,1-2H3,(H,26,27). The number of aliphatic carboxylic acids is 1. The van der Waals surface area contributed by atoms with Gasteiger partial charge >= 0.3 is 5.97 Å². The molecule has 6 nitrogen and oxygen atoms in total. The first kappa shape index (κ1) is 20.0. The molecule has 0 bridgehead atoms. The second kappa shape index (κ2) is 8.54. The van der Waals surface area contributed by atoms with Crippen LogP contribution < -0.4 is 0 Å². The molecule has 3 rings (SSSR count). The molecular weight excluding hydrogens is 361 g/mol. The average Bonchev–Trinajstić information content (AvgIpc) is 3.04. The van der Waals surface area contributed by atoms with Crippen LogP contribution in [0.3, 0.4) is 0 Å². The van der Waals surface area contributed by atoms with E-state index in [9.17, 15) is 14.0 Å². The third-order valence-electron chi connectivity index (χ3n) is 4.90. The van der Waals surface area contributed by atoms with Gasteiger partial charge in [-0.25, -0.2) is 9.07 Å². The maximum absolute atomic E-state index is 13.7. The Morgan fingerprint density at radius 1 is 1.29 bits per heavy atom. The molecule has 150 valence electrons. The highest BCUT2D eigenvalue weighted by Crippen LogP contribution is 2.28. The van der Waals surface area contributed by atoms with Gasteiger partial charge in [0.15, 0.2) is 5.69 Å². The molecule has 1 heterocycles. The number of fused-ring (bicyclic) bond motifs is 1. The molecular formula is C21H26FN3O3. The normalized spacial score (nSPS) is 13.4. The average molecular weight is 387 g/mol. The molecule has 28 heavy (non-hydrogen) atoms. The van der Waals surface area contributed by atoms with Crippen LogP contribution >= 0.6 is 0 Å². The number of hydrogen-bond donors (Lipinski definition) is 1. The molecule has 0 spiro atoms. The highest BCUT2D eigenvalue weighted by Gasteiger charge is 2.29. The van der Waals surface area contributed by atoms with E-state index in [0.717, 1.165) is 36.9 Å². The van der Waals surface area contributed by atoms with Crippen LogP contribution in [0.2, 0.25) is 0 Å². The van der Waals surface area contributed by atoms with Crippen LogP contribution in [0.25, 0.3) is 5.69 Å². The van der Waals surface area contributed by atoms with Crippen molar-refractivity contribution in [2.45, 2.75) is 46.0 Å². The zero-order chi connectivity index (χ0) is 20.3. The maximum atomic E-state index is 13.7. The van der Waals surface area contributed by atoms with E-state index in [4.69, 9.17) is 5.11 Å². The molecule has 1 N–H and O–H groups in total. The number of nitrogens with zero attached hydrogens (tertiary/aromatic N) is 3. The van der Waals surface area contributed by atoms with Crippen molar-refractivity contribution in [2.24, 2.45) is 5.92 Å². The number of carbonyl (C=O) groups is 2. The Kier molecular flexibility index (Phi) is 6.11. The molecule has 0 saturated heterocycles. The maximum Gasteiger partial charge on any atom is 0.305 e. The van der Waals surface area contributed by atoms with E-state index in [1.165, 1.54) is 12.1 Å².